The van der Waals surface area contributed by atoms with Crippen molar-refractivity contribution in [3.63, 3.8) is 0 Å². The Morgan fingerprint density at radius 1 is 1.33 bits per heavy atom. The van der Waals surface area contributed by atoms with E-state index in [-0.39, 0.29) is 5.97 Å². The number of hydrogen-bond donors (Lipinski definition) is 0. The zero-order valence-corrected chi connectivity index (χ0v) is 10.4. The summed E-state index contributed by atoms with van der Waals surface area (Å²) in [5.41, 5.74) is 2.49. The lowest BCUT2D eigenvalue weighted by atomic mass is 10.0. The van der Waals surface area contributed by atoms with E-state index < -0.39 is 0 Å². The van der Waals surface area contributed by atoms with Gasteiger partial charge in [-0.2, -0.15) is 0 Å². The fourth-order valence-corrected chi connectivity index (χ4v) is 1.59. The van der Waals surface area contributed by atoms with Crippen LogP contribution >= 0.6 is 15.9 Å². The van der Waals surface area contributed by atoms with E-state index in [0.717, 1.165) is 11.1 Å². The molecule has 0 radical (unpaired) electrons. The van der Waals surface area contributed by atoms with Gasteiger partial charge in [-0.3, -0.25) is 0 Å². The van der Waals surface area contributed by atoms with Crippen LogP contribution in [0.1, 0.15) is 12.5 Å². The third-order valence-electron chi connectivity index (χ3n) is 2.08. The molecule has 0 bridgehead atoms. The molecule has 0 fully saturated rings. The van der Waals surface area contributed by atoms with Gasteiger partial charge in [0.15, 0.2) is 0 Å². The molecule has 1 aromatic rings. The smallest absolute Gasteiger partial charge is 0.338 e. The summed E-state index contributed by atoms with van der Waals surface area (Å²) in [6, 6.07) is 9.53. The highest BCUT2D eigenvalue weighted by Crippen LogP contribution is 2.21. The molecule has 0 heterocycles. The van der Waals surface area contributed by atoms with Crippen molar-refractivity contribution in [3.05, 3.63) is 41.5 Å². The number of halogens is 1. The number of carbonyl (C=O) groups excluding carboxylic acids is 1. The lowest BCUT2D eigenvalue weighted by Gasteiger charge is -2.08. The molecule has 1 rings (SSSR count). The minimum atomic E-state index is -0.293. The Labute approximate surface area is 98.1 Å². The lowest BCUT2D eigenvalue weighted by molar-refractivity contribution is -0.133. The minimum Gasteiger partial charge on any atom is -0.465 e. The second-order valence-corrected chi connectivity index (χ2v) is 3.71. The topological polar surface area (TPSA) is 26.3 Å². The van der Waals surface area contributed by atoms with Gasteiger partial charge in [0, 0.05) is 5.33 Å². The van der Waals surface area contributed by atoms with Crippen molar-refractivity contribution in [2.45, 2.75) is 6.92 Å². The van der Waals surface area contributed by atoms with Gasteiger partial charge < -0.3 is 4.74 Å². The SMILES string of the molecule is COC(=O)C(=C(C)CBr)c1ccccc1. The van der Waals surface area contributed by atoms with Gasteiger partial charge in [-0.25, -0.2) is 4.79 Å². The number of ether oxygens (including phenoxy) is 1. The third-order valence-corrected chi connectivity index (χ3v) is 2.92. The van der Waals surface area contributed by atoms with E-state index in [9.17, 15) is 4.79 Å². The van der Waals surface area contributed by atoms with Crippen LogP contribution in [-0.4, -0.2) is 18.4 Å². The highest BCUT2D eigenvalue weighted by Gasteiger charge is 2.14. The van der Waals surface area contributed by atoms with Gasteiger partial charge in [0.2, 0.25) is 0 Å². The van der Waals surface area contributed by atoms with E-state index >= 15 is 0 Å². The van der Waals surface area contributed by atoms with Gasteiger partial charge in [0.05, 0.1) is 12.7 Å². The molecule has 0 saturated carbocycles. The van der Waals surface area contributed by atoms with Gasteiger partial charge in [0.25, 0.3) is 0 Å². The molecular formula is C12H13BrO2. The molecular weight excluding hydrogens is 256 g/mol. The van der Waals surface area contributed by atoms with Crippen LogP contribution < -0.4 is 0 Å². The number of carbonyl (C=O) groups is 1. The van der Waals surface area contributed by atoms with E-state index in [0.29, 0.717) is 10.9 Å². The Hall–Kier alpha value is -1.09. The second-order valence-electron chi connectivity index (χ2n) is 3.15. The first-order valence-electron chi connectivity index (χ1n) is 4.60. The van der Waals surface area contributed by atoms with Crippen molar-refractivity contribution in [1.29, 1.82) is 0 Å². The molecule has 0 amide bonds. The van der Waals surface area contributed by atoms with Crippen molar-refractivity contribution in [3.8, 4) is 0 Å². The Balaban J connectivity index is 3.20. The summed E-state index contributed by atoms with van der Waals surface area (Å²) in [6.07, 6.45) is 0. The molecule has 0 saturated heterocycles. The Bertz CT molecular complexity index is 368. The van der Waals surface area contributed by atoms with Crippen molar-refractivity contribution in [2.24, 2.45) is 0 Å². The number of hydrogen-bond acceptors (Lipinski definition) is 2. The standard InChI is InChI=1S/C12H13BrO2/c1-9(8-13)11(12(14)15-2)10-6-4-3-5-7-10/h3-7H,8H2,1-2H3. The summed E-state index contributed by atoms with van der Waals surface area (Å²) in [5, 5.41) is 0.659. The molecule has 0 atom stereocenters. The molecule has 1 aromatic carbocycles. The summed E-state index contributed by atoms with van der Waals surface area (Å²) in [5.74, 6) is -0.293. The van der Waals surface area contributed by atoms with Crippen LogP contribution in [0.25, 0.3) is 5.57 Å². The molecule has 3 heteroatoms. The molecule has 0 aromatic heterocycles. The van der Waals surface area contributed by atoms with Crippen LogP contribution in [0.5, 0.6) is 0 Å². The van der Waals surface area contributed by atoms with Crippen LogP contribution in [0.4, 0.5) is 0 Å². The minimum absolute atomic E-state index is 0.293. The highest BCUT2D eigenvalue weighted by atomic mass is 79.9. The normalized spacial score (nSPS) is 11.9. The van der Waals surface area contributed by atoms with Crippen molar-refractivity contribution in [1.82, 2.24) is 0 Å². The fraction of sp³-hybridized carbons (Fsp3) is 0.250. The first kappa shape index (κ1) is 12.0. The van der Waals surface area contributed by atoms with Gasteiger partial charge in [-0.15, -0.1) is 0 Å². The zero-order chi connectivity index (χ0) is 11.3. The quantitative estimate of drug-likeness (QED) is 0.479. The highest BCUT2D eigenvalue weighted by molar-refractivity contribution is 9.09. The van der Waals surface area contributed by atoms with Crippen molar-refractivity contribution < 1.29 is 9.53 Å². The molecule has 0 spiro atoms. The second kappa shape index (κ2) is 5.71. The number of esters is 1. The van der Waals surface area contributed by atoms with E-state index in [1.165, 1.54) is 7.11 Å². The van der Waals surface area contributed by atoms with Crippen LogP contribution in [0.3, 0.4) is 0 Å². The van der Waals surface area contributed by atoms with E-state index in [4.69, 9.17) is 4.74 Å². The van der Waals surface area contributed by atoms with Crippen LogP contribution in [0.2, 0.25) is 0 Å². The van der Waals surface area contributed by atoms with Crippen LogP contribution in [-0.2, 0) is 9.53 Å². The number of methoxy groups -OCH3 is 1. The number of rotatable bonds is 3. The van der Waals surface area contributed by atoms with E-state index in [1.807, 2.05) is 37.3 Å². The van der Waals surface area contributed by atoms with Gasteiger partial charge in [-0.05, 0) is 18.1 Å². The fourth-order valence-electron chi connectivity index (χ4n) is 1.31. The van der Waals surface area contributed by atoms with Crippen molar-refractivity contribution in [2.75, 3.05) is 12.4 Å². The maximum Gasteiger partial charge on any atom is 0.338 e. The lowest BCUT2D eigenvalue weighted by Crippen LogP contribution is -2.06. The first-order chi connectivity index (χ1) is 7.20. The van der Waals surface area contributed by atoms with E-state index in [2.05, 4.69) is 15.9 Å². The number of allylic oxidation sites excluding steroid dienone is 1. The molecule has 80 valence electrons. The Morgan fingerprint density at radius 2 is 1.93 bits per heavy atom. The molecule has 0 aliphatic heterocycles. The Kier molecular flexibility index (Phi) is 4.56. The number of alkyl halides is 1. The molecule has 2 nitrogen and oxygen atoms in total. The predicted molar refractivity (Wildman–Crippen MR) is 64.8 cm³/mol. The summed E-state index contributed by atoms with van der Waals surface area (Å²) in [4.78, 5) is 11.6. The van der Waals surface area contributed by atoms with Gasteiger partial charge >= 0.3 is 5.97 Å². The zero-order valence-electron chi connectivity index (χ0n) is 8.79. The molecule has 0 N–H and O–H groups in total. The van der Waals surface area contributed by atoms with Crippen LogP contribution in [0.15, 0.2) is 35.9 Å². The van der Waals surface area contributed by atoms with Crippen LogP contribution in [0, 0.1) is 0 Å². The maximum absolute atomic E-state index is 11.6. The average Bonchev–Trinajstić information content (AvgIpc) is 2.30. The maximum atomic E-state index is 11.6. The Morgan fingerprint density at radius 3 is 2.40 bits per heavy atom. The van der Waals surface area contributed by atoms with Gasteiger partial charge in [0.1, 0.15) is 0 Å². The molecule has 0 aliphatic rings. The summed E-state index contributed by atoms with van der Waals surface area (Å²) < 4.78 is 4.77. The summed E-state index contributed by atoms with van der Waals surface area (Å²) in [6.45, 7) is 1.91. The predicted octanol–water partition coefficient (Wildman–Crippen LogP) is 3.03. The molecule has 0 aliphatic carbocycles. The average molecular weight is 269 g/mol. The summed E-state index contributed by atoms with van der Waals surface area (Å²) in [7, 11) is 1.40. The van der Waals surface area contributed by atoms with Gasteiger partial charge in [-0.1, -0.05) is 46.3 Å². The summed E-state index contributed by atoms with van der Waals surface area (Å²) >= 11 is 3.34. The first-order valence-corrected chi connectivity index (χ1v) is 5.72. The number of benzene rings is 1. The largest absolute Gasteiger partial charge is 0.465 e. The monoisotopic (exact) mass is 268 g/mol. The third kappa shape index (κ3) is 2.93. The van der Waals surface area contributed by atoms with E-state index in [1.54, 1.807) is 0 Å². The van der Waals surface area contributed by atoms with Crippen molar-refractivity contribution >= 4 is 27.5 Å². The molecule has 0 unspecified atom stereocenters. The molecule has 15 heavy (non-hydrogen) atoms.